The lowest BCUT2D eigenvalue weighted by atomic mass is 10.3. The fourth-order valence-electron chi connectivity index (χ4n) is 1.35. The molecule has 4 N–H and O–H groups in total. The number of primary amides is 1. The topological polar surface area (TPSA) is 94.5 Å². The monoisotopic (exact) mass is 244 g/mol. The van der Waals surface area contributed by atoms with Crippen molar-refractivity contribution in [1.82, 2.24) is 4.37 Å². The number of nitrogen functional groups attached to an aromatic ring is 1. The van der Waals surface area contributed by atoms with E-state index in [-0.39, 0.29) is 5.82 Å². The Balaban J connectivity index is 2.96. The number of anilines is 2. The molecule has 0 aromatic carbocycles. The van der Waals surface area contributed by atoms with Gasteiger partial charge in [-0.3, -0.25) is 4.79 Å². The number of likely N-dealkylation sites (N-methyl/N-ethyl adjacent to an activating group) is 1. The molecule has 6 nitrogen and oxygen atoms in total. The van der Waals surface area contributed by atoms with Crippen LogP contribution < -0.4 is 16.4 Å². The standard InChI is InChI=1S/C9H16N4O2S/c1-3-13(4-5-15-2)9-6(8(11)14)7(10)12-16-9/h3-5H2,1-2H3,(H2,10,12)(H2,11,14). The molecular formula is C9H16N4O2S. The van der Waals surface area contributed by atoms with Crippen LogP contribution in [0.4, 0.5) is 10.8 Å². The molecule has 0 radical (unpaired) electrons. The number of hydrogen-bond acceptors (Lipinski definition) is 6. The highest BCUT2D eigenvalue weighted by Gasteiger charge is 2.20. The minimum absolute atomic E-state index is 0.198. The molecule has 0 aliphatic heterocycles. The van der Waals surface area contributed by atoms with Crippen molar-refractivity contribution in [2.75, 3.05) is 37.4 Å². The van der Waals surface area contributed by atoms with E-state index in [0.717, 1.165) is 6.54 Å². The average molecular weight is 244 g/mol. The van der Waals surface area contributed by atoms with E-state index in [0.29, 0.717) is 23.7 Å². The maximum atomic E-state index is 11.2. The maximum Gasteiger partial charge on any atom is 0.255 e. The van der Waals surface area contributed by atoms with Gasteiger partial charge in [-0.15, -0.1) is 0 Å². The zero-order valence-electron chi connectivity index (χ0n) is 9.40. The first-order valence-corrected chi connectivity index (χ1v) is 5.68. The van der Waals surface area contributed by atoms with Crippen molar-refractivity contribution in [3.8, 4) is 0 Å². The number of aromatic nitrogens is 1. The Hall–Kier alpha value is -1.34. The molecule has 0 saturated heterocycles. The number of amides is 1. The number of carbonyl (C=O) groups is 1. The van der Waals surface area contributed by atoms with Crippen molar-refractivity contribution >= 4 is 28.3 Å². The van der Waals surface area contributed by atoms with Crippen molar-refractivity contribution < 1.29 is 9.53 Å². The van der Waals surface area contributed by atoms with Gasteiger partial charge in [0, 0.05) is 20.2 Å². The van der Waals surface area contributed by atoms with Crippen LogP contribution in [0.25, 0.3) is 0 Å². The maximum absolute atomic E-state index is 11.2. The summed E-state index contributed by atoms with van der Waals surface area (Å²) >= 11 is 1.18. The fourth-order valence-corrected chi connectivity index (χ4v) is 2.25. The first kappa shape index (κ1) is 12.7. The van der Waals surface area contributed by atoms with Gasteiger partial charge in [-0.05, 0) is 18.5 Å². The Morgan fingerprint density at radius 1 is 1.62 bits per heavy atom. The first-order valence-electron chi connectivity index (χ1n) is 4.90. The van der Waals surface area contributed by atoms with Gasteiger partial charge in [-0.1, -0.05) is 0 Å². The van der Waals surface area contributed by atoms with Crippen LogP contribution in [0.2, 0.25) is 0 Å². The molecule has 90 valence electrons. The summed E-state index contributed by atoms with van der Waals surface area (Å²) < 4.78 is 8.95. The molecule has 7 heteroatoms. The van der Waals surface area contributed by atoms with Crippen LogP contribution in [0.5, 0.6) is 0 Å². The summed E-state index contributed by atoms with van der Waals surface area (Å²) in [5.74, 6) is -0.347. The Kier molecular flexibility index (Phi) is 4.51. The molecule has 0 unspecified atom stereocenters. The van der Waals surface area contributed by atoms with E-state index in [1.165, 1.54) is 11.5 Å². The van der Waals surface area contributed by atoms with Gasteiger partial charge in [0.05, 0.1) is 6.61 Å². The molecule has 16 heavy (non-hydrogen) atoms. The molecular weight excluding hydrogens is 228 g/mol. The van der Waals surface area contributed by atoms with Crippen molar-refractivity contribution in [3.05, 3.63) is 5.56 Å². The zero-order valence-corrected chi connectivity index (χ0v) is 10.2. The Bertz CT molecular complexity index is 366. The average Bonchev–Trinajstić information content (AvgIpc) is 2.62. The molecule has 0 aliphatic carbocycles. The number of ether oxygens (including phenoxy) is 1. The van der Waals surface area contributed by atoms with Gasteiger partial charge < -0.3 is 21.1 Å². The van der Waals surface area contributed by atoms with E-state index in [4.69, 9.17) is 16.2 Å². The number of carbonyl (C=O) groups excluding carboxylic acids is 1. The third kappa shape index (κ3) is 2.61. The van der Waals surface area contributed by atoms with Gasteiger partial charge in [0.15, 0.2) is 5.82 Å². The van der Waals surface area contributed by atoms with Crippen LogP contribution in [0.3, 0.4) is 0 Å². The summed E-state index contributed by atoms with van der Waals surface area (Å²) in [5.41, 5.74) is 11.2. The summed E-state index contributed by atoms with van der Waals surface area (Å²) in [6.07, 6.45) is 0. The van der Waals surface area contributed by atoms with Crippen LogP contribution in [-0.2, 0) is 4.74 Å². The molecule has 0 aliphatic rings. The number of nitrogens with zero attached hydrogens (tertiary/aromatic N) is 2. The summed E-state index contributed by atoms with van der Waals surface area (Å²) in [5, 5.41) is 0.713. The van der Waals surface area contributed by atoms with Crippen molar-refractivity contribution in [3.63, 3.8) is 0 Å². The van der Waals surface area contributed by atoms with Crippen LogP contribution in [-0.4, -0.2) is 37.1 Å². The Morgan fingerprint density at radius 2 is 2.31 bits per heavy atom. The van der Waals surface area contributed by atoms with Gasteiger partial charge in [0.25, 0.3) is 5.91 Å². The summed E-state index contributed by atoms with van der Waals surface area (Å²) in [6, 6.07) is 0. The second-order valence-electron chi connectivity index (χ2n) is 3.18. The molecule has 1 amide bonds. The second-order valence-corrected chi connectivity index (χ2v) is 3.94. The predicted molar refractivity (Wildman–Crippen MR) is 64.8 cm³/mol. The lowest BCUT2D eigenvalue weighted by Crippen LogP contribution is -2.28. The van der Waals surface area contributed by atoms with Crippen LogP contribution in [0.15, 0.2) is 0 Å². The van der Waals surface area contributed by atoms with E-state index in [2.05, 4.69) is 4.37 Å². The van der Waals surface area contributed by atoms with E-state index < -0.39 is 5.91 Å². The Labute approximate surface area is 98.3 Å². The third-order valence-electron chi connectivity index (χ3n) is 2.18. The van der Waals surface area contributed by atoms with E-state index in [9.17, 15) is 4.79 Å². The van der Waals surface area contributed by atoms with Crippen LogP contribution in [0, 0.1) is 0 Å². The lowest BCUT2D eigenvalue weighted by Gasteiger charge is -2.21. The predicted octanol–water partition coefficient (Wildman–Crippen LogP) is 0.297. The molecule has 0 atom stereocenters. The largest absolute Gasteiger partial charge is 0.383 e. The van der Waals surface area contributed by atoms with Crippen LogP contribution in [0.1, 0.15) is 17.3 Å². The second kappa shape index (κ2) is 5.66. The summed E-state index contributed by atoms with van der Waals surface area (Å²) in [7, 11) is 1.63. The van der Waals surface area contributed by atoms with Crippen molar-refractivity contribution in [2.45, 2.75) is 6.92 Å². The summed E-state index contributed by atoms with van der Waals surface area (Å²) in [4.78, 5) is 13.2. The molecule has 1 aromatic rings. The summed E-state index contributed by atoms with van der Waals surface area (Å²) in [6.45, 7) is 3.97. The van der Waals surface area contributed by atoms with E-state index >= 15 is 0 Å². The van der Waals surface area contributed by atoms with E-state index in [1.54, 1.807) is 7.11 Å². The van der Waals surface area contributed by atoms with Crippen molar-refractivity contribution in [1.29, 1.82) is 0 Å². The molecule has 1 heterocycles. The smallest absolute Gasteiger partial charge is 0.255 e. The minimum atomic E-state index is -0.544. The Morgan fingerprint density at radius 3 is 2.81 bits per heavy atom. The molecule has 0 saturated carbocycles. The third-order valence-corrected chi connectivity index (χ3v) is 3.10. The van der Waals surface area contributed by atoms with Gasteiger partial charge in [-0.2, -0.15) is 4.37 Å². The van der Waals surface area contributed by atoms with Crippen molar-refractivity contribution in [2.24, 2.45) is 5.73 Å². The number of rotatable bonds is 6. The van der Waals surface area contributed by atoms with Gasteiger partial charge in [0.1, 0.15) is 10.6 Å². The molecule has 0 spiro atoms. The quantitative estimate of drug-likeness (QED) is 0.750. The highest BCUT2D eigenvalue weighted by Crippen LogP contribution is 2.29. The van der Waals surface area contributed by atoms with Gasteiger partial charge in [-0.25, -0.2) is 0 Å². The normalized spacial score (nSPS) is 10.4. The molecule has 1 aromatic heterocycles. The first-order chi connectivity index (χ1) is 7.61. The molecule has 0 bridgehead atoms. The number of nitrogens with two attached hydrogens (primary N) is 2. The highest BCUT2D eigenvalue weighted by molar-refractivity contribution is 7.11. The zero-order chi connectivity index (χ0) is 12.1. The lowest BCUT2D eigenvalue weighted by molar-refractivity contribution is 0.100. The SMILES string of the molecule is CCN(CCOC)c1snc(N)c1C(N)=O. The van der Waals surface area contributed by atoms with Gasteiger partial charge in [0.2, 0.25) is 0 Å². The number of hydrogen-bond donors (Lipinski definition) is 2. The van der Waals surface area contributed by atoms with E-state index in [1.807, 2.05) is 11.8 Å². The molecule has 0 fully saturated rings. The number of methoxy groups -OCH3 is 1. The molecule has 1 rings (SSSR count). The van der Waals surface area contributed by atoms with Crippen LogP contribution >= 0.6 is 11.5 Å². The minimum Gasteiger partial charge on any atom is -0.383 e. The highest BCUT2D eigenvalue weighted by atomic mass is 32.1. The van der Waals surface area contributed by atoms with Gasteiger partial charge >= 0.3 is 0 Å². The fraction of sp³-hybridized carbons (Fsp3) is 0.556.